The molecule has 28 heavy (non-hydrogen) atoms. The van der Waals surface area contributed by atoms with Crippen molar-refractivity contribution in [3.05, 3.63) is 41.0 Å². The molecule has 2 aromatic rings. The molecule has 2 heterocycles. The topological polar surface area (TPSA) is 58.6 Å². The monoisotopic (exact) mass is 404 g/mol. The van der Waals surface area contributed by atoms with E-state index in [1.165, 1.54) is 23.5 Å². The van der Waals surface area contributed by atoms with E-state index in [1.54, 1.807) is 19.1 Å². The molecule has 1 aromatic heterocycles. The molecule has 150 valence electrons. The number of likely N-dealkylation sites (tertiary alicyclic amines) is 1. The van der Waals surface area contributed by atoms with Crippen molar-refractivity contribution in [1.29, 1.82) is 0 Å². The lowest BCUT2D eigenvalue weighted by molar-refractivity contribution is -0.130. The van der Waals surface area contributed by atoms with E-state index in [9.17, 15) is 14.0 Å². The van der Waals surface area contributed by atoms with Crippen LogP contribution in [-0.2, 0) is 9.53 Å². The van der Waals surface area contributed by atoms with E-state index >= 15 is 0 Å². The molecule has 0 radical (unpaired) electrons. The Hall–Kier alpha value is -2.41. The number of carbonyl (C=O) groups is 2. The van der Waals surface area contributed by atoms with Crippen molar-refractivity contribution in [1.82, 2.24) is 4.90 Å². The van der Waals surface area contributed by atoms with Gasteiger partial charge in [-0.3, -0.25) is 4.79 Å². The van der Waals surface area contributed by atoms with Gasteiger partial charge in [-0.05, 0) is 43.4 Å². The average molecular weight is 405 g/mol. The lowest BCUT2D eigenvalue weighted by Crippen LogP contribution is -2.40. The molecule has 1 aliphatic rings. The summed E-state index contributed by atoms with van der Waals surface area (Å²) < 4.78 is 18.5. The van der Waals surface area contributed by atoms with E-state index < -0.39 is 5.97 Å². The van der Waals surface area contributed by atoms with Crippen LogP contribution in [0.2, 0.25) is 0 Å². The number of anilines is 1. The highest BCUT2D eigenvalue weighted by atomic mass is 32.1. The van der Waals surface area contributed by atoms with Gasteiger partial charge < -0.3 is 15.0 Å². The molecule has 0 unspecified atom stereocenters. The van der Waals surface area contributed by atoms with Gasteiger partial charge in [0.25, 0.3) is 0 Å². The zero-order chi connectivity index (χ0) is 20.1. The van der Waals surface area contributed by atoms with Gasteiger partial charge in [0, 0.05) is 24.0 Å². The Morgan fingerprint density at radius 3 is 2.57 bits per heavy atom. The summed E-state index contributed by atoms with van der Waals surface area (Å²) in [6.07, 6.45) is 2.04. The second-order valence-electron chi connectivity index (χ2n) is 7.00. The summed E-state index contributed by atoms with van der Waals surface area (Å²) >= 11 is 1.34. The van der Waals surface area contributed by atoms with Crippen LogP contribution < -0.4 is 5.32 Å². The van der Waals surface area contributed by atoms with Crippen molar-refractivity contribution in [2.24, 2.45) is 5.92 Å². The lowest BCUT2D eigenvalue weighted by atomic mass is 9.99. The number of thiophene rings is 1. The first-order valence-electron chi connectivity index (χ1n) is 9.55. The minimum Gasteiger partial charge on any atom is -0.462 e. The van der Waals surface area contributed by atoms with E-state index in [-0.39, 0.29) is 24.9 Å². The van der Waals surface area contributed by atoms with Crippen LogP contribution in [0, 0.1) is 11.7 Å². The number of hydrogen-bond donors (Lipinski definition) is 1. The first-order chi connectivity index (χ1) is 13.5. The first kappa shape index (κ1) is 20.3. The number of piperidine rings is 1. The van der Waals surface area contributed by atoms with E-state index in [0.717, 1.165) is 31.5 Å². The quantitative estimate of drug-likeness (QED) is 0.725. The molecule has 3 rings (SSSR count). The summed E-state index contributed by atoms with van der Waals surface area (Å²) in [5.74, 6) is -0.109. The molecule has 1 saturated heterocycles. The average Bonchev–Trinajstić information content (AvgIpc) is 3.11. The molecule has 7 heteroatoms. The molecular formula is C21H25FN2O3S. The smallest absolute Gasteiger partial charge is 0.341 e. The van der Waals surface area contributed by atoms with Crippen molar-refractivity contribution < 1.29 is 18.7 Å². The zero-order valence-electron chi connectivity index (χ0n) is 16.2. The summed E-state index contributed by atoms with van der Waals surface area (Å²) in [6.45, 7) is 5.88. The Morgan fingerprint density at radius 1 is 1.25 bits per heavy atom. The zero-order valence-corrected chi connectivity index (χ0v) is 17.0. The third-order valence-electron chi connectivity index (χ3n) is 4.96. The fraction of sp³-hybridized carbons (Fsp3) is 0.429. The van der Waals surface area contributed by atoms with Crippen LogP contribution in [0.4, 0.5) is 9.39 Å². The summed E-state index contributed by atoms with van der Waals surface area (Å²) in [5, 5.41) is 5.54. The maximum Gasteiger partial charge on any atom is 0.341 e. The molecule has 5 nitrogen and oxygen atoms in total. The van der Waals surface area contributed by atoms with Gasteiger partial charge in [-0.25, -0.2) is 9.18 Å². The second kappa shape index (κ2) is 9.19. The molecule has 1 amide bonds. The Kier molecular flexibility index (Phi) is 6.67. The number of hydrogen-bond acceptors (Lipinski definition) is 5. The Balaban J connectivity index is 1.77. The summed E-state index contributed by atoms with van der Waals surface area (Å²) in [6, 6.07) is 5.97. The molecule has 0 atom stereocenters. The number of carbonyl (C=O) groups excluding carboxylic acids is 2. The number of nitrogens with one attached hydrogen (secondary N) is 1. The normalized spacial score (nSPS) is 14.8. The number of halogens is 1. The molecule has 1 aliphatic heterocycles. The maximum absolute atomic E-state index is 13.3. The molecule has 0 saturated carbocycles. The van der Waals surface area contributed by atoms with Crippen LogP contribution in [0.1, 0.15) is 37.0 Å². The van der Waals surface area contributed by atoms with Crippen molar-refractivity contribution in [3.63, 3.8) is 0 Å². The highest BCUT2D eigenvalue weighted by molar-refractivity contribution is 7.15. The van der Waals surface area contributed by atoms with Crippen LogP contribution in [-0.4, -0.2) is 43.0 Å². The summed E-state index contributed by atoms with van der Waals surface area (Å²) in [7, 11) is 0. The van der Waals surface area contributed by atoms with Crippen LogP contribution in [0.3, 0.4) is 0 Å². The number of rotatable bonds is 6. The second-order valence-corrected chi connectivity index (χ2v) is 7.88. The predicted octanol–water partition coefficient (Wildman–Crippen LogP) is 4.40. The highest BCUT2D eigenvalue weighted by Crippen LogP contribution is 2.36. The standard InChI is InChI=1S/C21H25FN2O3S/c1-3-27-21(26)19-17(15-4-6-16(22)7-5-15)13-28-20(19)23-12-18(25)24-10-8-14(2)9-11-24/h4-7,13-14,23H,3,8-12H2,1-2H3. The fourth-order valence-electron chi connectivity index (χ4n) is 3.26. The maximum atomic E-state index is 13.3. The van der Waals surface area contributed by atoms with Crippen molar-refractivity contribution >= 4 is 28.2 Å². The van der Waals surface area contributed by atoms with E-state index in [0.29, 0.717) is 22.0 Å². The van der Waals surface area contributed by atoms with Gasteiger partial charge in [0.05, 0.1) is 13.2 Å². The third kappa shape index (κ3) is 4.70. The van der Waals surface area contributed by atoms with Crippen molar-refractivity contribution in [2.75, 3.05) is 31.6 Å². The van der Waals surface area contributed by atoms with Crippen LogP contribution in [0.25, 0.3) is 11.1 Å². The number of benzene rings is 1. The van der Waals surface area contributed by atoms with Crippen molar-refractivity contribution in [3.8, 4) is 11.1 Å². The van der Waals surface area contributed by atoms with Gasteiger partial charge >= 0.3 is 5.97 Å². The third-order valence-corrected chi connectivity index (χ3v) is 5.90. The summed E-state index contributed by atoms with van der Waals surface area (Å²) in [5.41, 5.74) is 1.79. The minimum atomic E-state index is -0.454. The molecule has 1 N–H and O–H groups in total. The molecule has 1 fully saturated rings. The Labute approximate surface area is 168 Å². The molecule has 0 spiro atoms. The highest BCUT2D eigenvalue weighted by Gasteiger charge is 2.24. The summed E-state index contributed by atoms with van der Waals surface area (Å²) in [4.78, 5) is 26.9. The SMILES string of the molecule is CCOC(=O)c1c(-c2ccc(F)cc2)csc1NCC(=O)N1CCC(C)CC1. The molecule has 0 aliphatic carbocycles. The largest absolute Gasteiger partial charge is 0.462 e. The van der Waals surface area contributed by atoms with Gasteiger partial charge in [-0.15, -0.1) is 11.3 Å². The van der Waals surface area contributed by atoms with Gasteiger partial charge in [-0.1, -0.05) is 19.1 Å². The number of nitrogens with zero attached hydrogens (tertiary/aromatic N) is 1. The van der Waals surface area contributed by atoms with Crippen LogP contribution in [0.5, 0.6) is 0 Å². The van der Waals surface area contributed by atoms with Gasteiger partial charge in [0.1, 0.15) is 16.4 Å². The fourth-order valence-corrected chi connectivity index (χ4v) is 4.22. The number of esters is 1. The first-order valence-corrected chi connectivity index (χ1v) is 10.4. The van der Waals surface area contributed by atoms with Crippen LogP contribution >= 0.6 is 11.3 Å². The number of ether oxygens (including phenoxy) is 1. The molecule has 0 bridgehead atoms. The van der Waals surface area contributed by atoms with Crippen LogP contribution in [0.15, 0.2) is 29.6 Å². The Morgan fingerprint density at radius 2 is 1.93 bits per heavy atom. The van der Waals surface area contributed by atoms with E-state index in [4.69, 9.17) is 4.74 Å². The Bertz CT molecular complexity index is 827. The van der Waals surface area contributed by atoms with Crippen molar-refractivity contribution in [2.45, 2.75) is 26.7 Å². The van der Waals surface area contributed by atoms with E-state index in [2.05, 4.69) is 12.2 Å². The predicted molar refractivity (Wildman–Crippen MR) is 109 cm³/mol. The van der Waals surface area contributed by atoms with Gasteiger partial charge in [0.15, 0.2) is 0 Å². The minimum absolute atomic E-state index is 0.0263. The number of amides is 1. The lowest BCUT2D eigenvalue weighted by Gasteiger charge is -2.30. The van der Waals surface area contributed by atoms with Gasteiger partial charge in [-0.2, -0.15) is 0 Å². The molecule has 1 aromatic carbocycles. The van der Waals surface area contributed by atoms with Gasteiger partial charge in [0.2, 0.25) is 5.91 Å². The molecular weight excluding hydrogens is 379 g/mol. The van der Waals surface area contributed by atoms with E-state index in [1.807, 2.05) is 10.3 Å².